The molecule has 4 nitrogen and oxygen atoms in total. The number of halogens is 2. The average Bonchev–Trinajstić information content (AvgIpc) is 2.50. The van der Waals surface area contributed by atoms with Gasteiger partial charge in [-0.2, -0.15) is 5.10 Å². The predicted molar refractivity (Wildman–Crippen MR) is 83.4 cm³/mol. The van der Waals surface area contributed by atoms with Crippen molar-refractivity contribution in [1.29, 1.82) is 0 Å². The highest BCUT2D eigenvalue weighted by Crippen LogP contribution is 2.12. The molecule has 0 atom stereocenters. The minimum Gasteiger partial charge on any atom is -0.484 e. The van der Waals surface area contributed by atoms with E-state index >= 15 is 0 Å². The largest absolute Gasteiger partial charge is 0.484 e. The zero-order valence-corrected chi connectivity index (χ0v) is 12.8. The topological polar surface area (TPSA) is 50.7 Å². The van der Waals surface area contributed by atoms with Crippen molar-refractivity contribution < 1.29 is 18.3 Å². The first-order chi connectivity index (χ1) is 11.0. The van der Waals surface area contributed by atoms with Gasteiger partial charge in [-0.25, -0.2) is 14.2 Å². The Morgan fingerprint density at radius 3 is 2.70 bits per heavy atom. The van der Waals surface area contributed by atoms with E-state index < -0.39 is 17.5 Å². The summed E-state index contributed by atoms with van der Waals surface area (Å²) in [5.41, 5.74) is 3.63. The van der Waals surface area contributed by atoms with Crippen LogP contribution in [0, 0.1) is 18.6 Å². The smallest absolute Gasteiger partial charge is 0.277 e. The third-order valence-corrected chi connectivity index (χ3v) is 3.03. The molecule has 1 amide bonds. The molecule has 23 heavy (non-hydrogen) atoms. The van der Waals surface area contributed by atoms with Crippen molar-refractivity contribution in [1.82, 2.24) is 5.43 Å². The number of aryl methyl sites for hydroxylation is 1. The van der Waals surface area contributed by atoms with Gasteiger partial charge in [-0.1, -0.05) is 12.1 Å². The zero-order valence-electron chi connectivity index (χ0n) is 12.8. The first kappa shape index (κ1) is 16.6. The fourth-order valence-corrected chi connectivity index (χ4v) is 1.88. The molecule has 0 aliphatic carbocycles. The van der Waals surface area contributed by atoms with E-state index in [1.165, 1.54) is 13.0 Å². The molecule has 0 spiro atoms. The van der Waals surface area contributed by atoms with E-state index in [1.807, 2.05) is 19.1 Å². The van der Waals surface area contributed by atoms with Crippen molar-refractivity contribution in [2.45, 2.75) is 13.8 Å². The molecule has 0 radical (unpaired) electrons. The maximum Gasteiger partial charge on any atom is 0.277 e. The van der Waals surface area contributed by atoms with Crippen molar-refractivity contribution in [2.75, 3.05) is 6.61 Å². The van der Waals surface area contributed by atoms with Crippen molar-refractivity contribution in [3.05, 3.63) is 65.2 Å². The molecule has 1 N–H and O–H groups in total. The quantitative estimate of drug-likeness (QED) is 0.680. The highest BCUT2D eigenvalue weighted by Gasteiger charge is 2.08. The molecule has 0 saturated carbocycles. The third-order valence-electron chi connectivity index (χ3n) is 3.03. The predicted octanol–water partition coefficient (Wildman–Crippen LogP) is 3.19. The monoisotopic (exact) mass is 318 g/mol. The van der Waals surface area contributed by atoms with Gasteiger partial charge in [0.25, 0.3) is 5.91 Å². The van der Waals surface area contributed by atoms with Crippen LogP contribution in [0.3, 0.4) is 0 Å². The minimum absolute atomic E-state index is 0.117. The third kappa shape index (κ3) is 4.88. The molecular formula is C17H16F2N2O2. The van der Waals surface area contributed by atoms with E-state index in [0.29, 0.717) is 5.75 Å². The molecular weight excluding hydrogens is 302 g/mol. The van der Waals surface area contributed by atoms with Gasteiger partial charge in [0, 0.05) is 11.6 Å². The van der Waals surface area contributed by atoms with Gasteiger partial charge in [0.05, 0.1) is 5.71 Å². The van der Waals surface area contributed by atoms with Gasteiger partial charge < -0.3 is 4.74 Å². The summed E-state index contributed by atoms with van der Waals surface area (Å²) in [6, 6.07) is 10.4. The van der Waals surface area contributed by atoms with Crippen LogP contribution in [0.15, 0.2) is 47.6 Å². The van der Waals surface area contributed by atoms with Crippen LogP contribution in [-0.2, 0) is 4.79 Å². The molecule has 6 heteroatoms. The lowest BCUT2D eigenvalue weighted by molar-refractivity contribution is -0.123. The molecule has 0 bridgehead atoms. The van der Waals surface area contributed by atoms with Gasteiger partial charge in [0.15, 0.2) is 6.61 Å². The van der Waals surface area contributed by atoms with Gasteiger partial charge in [-0.05, 0) is 43.7 Å². The minimum atomic E-state index is -0.739. The molecule has 0 aromatic heterocycles. The molecule has 0 unspecified atom stereocenters. The van der Waals surface area contributed by atoms with E-state index in [0.717, 1.165) is 17.7 Å². The Morgan fingerprint density at radius 2 is 2.00 bits per heavy atom. The number of hydrogen-bond acceptors (Lipinski definition) is 3. The first-order valence-corrected chi connectivity index (χ1v) is 6.94. The Balaban J connectivity index is 1.92. The lowest BCUT2D eigenvalue weighted by atomic mass is 10.1. The molecule has 0 fully saturated rings. The van der Waals surface area contributed by atoms with Crippen LogP contribution in [0.2, 0.25) is 0 Å². The molecule has 2 aromatic carbocycles. The summed E-state index contributed by atoms with van der Waals surface area (Å²) in [4.78, 5) is 11.7. The van der Waals surface area contributed by atoms with Crippen molar-refractivity contribution >= 4 is 11.6 Å². The maximum atomic E-state index is 13.6. The van der Waals surface area contributed by atoms with E-state index in [4.69, 9.17) is 4.74 Å². The molecule has 0 aliphatic heterocycles. The Morgan fingerprint density at radius 1 is 1.22 bits per heavy atom. The molecule has 120 valence electrons. The van der Waals surface area contributed by atoms with E-state index in [1.54, 1.807) is 12.1 Å². The van der Waals surface area contributed by atoms with Crippen LogP contribution in [-0.4, -0.2) is 18.2 Å². The van der Waals surface area contributed by atoms with Gasteiger partial charge in [0.1, 0.15) is 17.4 Å². The fourth-order valence-electron chi connectivity index (χ4n) is 1.88. The number of ether oxygens (including phenoxy) is 1. The highest BCUT2D eigenvalue weighted by molar-refractivity contribution is 5.99. The van der Waals surface area contributed by atoms with Crippen LogP contribution >= 0.6 is 0 Å². The lowest BCUT2D eigenvalue weighted by Gasteiger charge is -2.07. The number of hydrazone groups is 1. The number of carbonyl (C=O) groups excluding carboxylic acids is 1. The van der Waals surface area contributed by atoms with Crippen LogP contribution < -0.4 is 10.2 Å². The highest BCUT2D eigenvalue weighted by atomic mass is 19.1. The second-order valence-electron chi connectivity index (χ2n) is 4.96. The number of benzene rings is 2. The van der Waals surface area contributed by atoms with Gasteiger partial charge in [-0.3, -0.25) is 4.79 Å². The first-order valence-electron chi connectivity index (χ1n) is 6.94. The summed E-state index contributed by atoms with van der Waals surface area (Å²) < 4.78 is 31.7. The van der Waals surface area contributed by atoms with Crippen LogP contribution in [0.4, 0.5) is 8.78 Å². The summed E-state index contributed by atoms with van der Waals surface area (Å²) >= 11 is 0. The number of hydrogen-bond donors (Lipinski definition) is 1. The number of rotatable bonds is 5. The molecule has 2 rings (SSSR count). The van der Waals surface area contributed by atoms with E-state index in [9.17, 15) is 13.6 Å². The van der Waals surface area contributed by atoms with E-state index in [2.05, 4.69) is 10.5 Å². The fraction of sp³-hybridized carbons (Fsp3) is 0.176. The number of nitrogens with zero attached hydrogens (tertiary/aromatic N) is 1. The molecule has 0 saturated heterocycles. The van der Waals surface area contributed by atoms with Crippen LogP contribution in [0.1, 0.15) is 18.1 Å². The van der Waals surface area contributed by atoms with Gasteiger partial charge >= 0.3 is 0 Å². The Bertz CT molecular complexity index is 745. The summed E-state index contributed by atoms with van der Waals surface area (Å²) in [6.45, 7) is 3.21. The standard InChI is InChI=1S/C17H16F2N2O2/c1-11-4-3-5-14(8-11)23-10-17(22)21-20-12(2)15-7-6-13(18)9-16(15)19/h3-9H,10H2,1-2H3,(H,21,22)/b20-12-. The van der Waals surface area contributed by atoms with Gasteiger partial charge in [-0.15, -0.1) is 0 Å². The Labute approximate surface area is 132 Å². The second-order valence-corrected chi connectivity index (χ2v) is 4.96. The van der Waals surface area contributed by atoms with Crippen molar-refractivity contribution in [3.63, 3.8) is 0 Å². The van der Waals surface area contributed by atoms with E-state index in [-0.39, 0.29) is 17.9 Å². The SMILES string of the molecule is C/C(=N/NC(=O)COc1cccc(C)c1)c1ccc(F)cc1F. The summed E-state index contributed by atoms with van der Waals surface area (Å²) in [7, 11) is 0. The Kier molecular flexibility index (Phi) is 5.41. The summed E-state index contributed by atoms with van der Waals surface area (Å²) in [5, 5.41) is 3.79. The molecule has 0 heterocycles. The molecule has 0 aliphatic rings. The number of carbonyl (C=O) groups is 1. The second kappa shape index (κ2) is 7.49. The summed E-state index contributed by atoms with van der Waals surface area (Å²) in [6.07, 6.45) is 0. The average molecular weight is 318 g/mol. The van der Waals surface area contributed by atoms with Crippen LogP contribution in [0.25, 0.3) is 0 Å². The summed E-state index contributed by atoms with van der Waals surface area (Å²) in [5.74, 6) is -1.31. The maximum absolute atomic E-state index is 13.6. The number of amides is 1. The van der Waals surface area contributed by atoms with Gasteiger partial charge in [0.2, 0.25) is 0 Å². The zero-order chi connectivity index (χ0) is 16.8. The lowest BCUT2D eigenvalue weighted by Crippen LogP contribution is -2.25. The number of nitrogens with one attached hydrogen (secondary N) is 1. The normalized spacial score (nSPS) is 11.2. The van der Waals surface area contributed by atoms with Crippen molar-refractivity contribution in [3.8, 4) is 5.75 Å². The van der Waals surface area contributed by atoms with Crippen LogP contribution in [0.5, 0.6) is 5.75 Å². The molecule has 2 aromatic rings. The Hall–Kier alpha value is -2.76. The van der Waals surface area contributed by atoms with Crippen molar-refractivity contribution in [2.24, 2.45) is 5.10 Å².